The van der Waals surface area contributed by atoms with E-state index in [0.29, 0.717) is 6.04 Å². The third kappa shape index (κ3) is 8.05. The molecule has 2 atom stereocenters. The quantitative estimate of drug-likeness (QED) is 0.381. The Bertz CT molecular complexity index is 342. The molecule has 1 heterocycles. The van der Waals surface area contributed by atoms with Crippen molar-refractivity contribution in [1.29, 1.82) is 0 Å². The van der Waals surface area contributed by atoms with Crippen molar-refractivity contribution in [3.05, 3.63) is 0 Å². The highest BCUT2D eigenvalue weighted by molar-refractivity contribution is 14.0. The number of nitrogens with one attached hydrogen (secondary N) is 2. The van der Waals surface area contributed by atoms with Crippen LogP contribution in [0.3, 0.4) is 0 Å². The van der Waals surface area contributed by atoms with Gasteiger partial charge in [0.05, 0.1) is 0 Å². The number of aliphatic imine (C=N–C) groups is 1. The van der Waals surface area contributed by atoms with E-state index in [9.17, 15) is 0 Å². The van der Waals surface area contributed by atoms with Crippen LogP contribution in [-0.4, -0.2) is 50.6 Å². The number of rotatable bonds is 6. The van der Waals surface area contributed by atoms with Gasteiger partial charge in [-0.15, -0.1) is 24.0 Å². The molecule has 136 valence electrons. The summed E-state index contributed by atoms with van der Waals surface area (Å²) in [6.45, 7) is 5.77. The van der Waals surface area contributed by atoms with Crippen LogP contribution >= 0.6 is 24.0 Å². The summed E-state index contributed by atoms with van der Waals surface area (Å²) in [5, 5.41) is 7.08. The van der Waals surface area contributed by atoms with Gasteiger partial charge in [0.25, 0.3) is 0 Å². The standard InChI is InChI=1S/C18H36N4.HI/c1-15(9-10-16-7-5-4-6-8-16)21-18(19-2)20-13-17-11-12-22(3)14-17;/h15-17H,4-14H2,1-3H3,(H2,19,20,21);1H. The summed E-state index contributed by atoms with van der Waals surface area (Å²) >= 11 is 0. The molecular weight excluding hydrogens is 399 g/mol. The van der Waals surface area contributed by atoms with Gasteiger partial charge in [-0.3, -0.25) is 4.99 Å². The maximum atomic E-state index is 4.38. The average molecular weight is 436 g/mol. The maximum absolute atomic E-state index is 4.38. The van der Waals surface area contributed by atoms with Crippen molar-refractivity contribution in [2.24, 2.45) is 16.8 Å². The lowest BCUT2D eigenvalue weighted by atomic mass is 9.85. The van der Waals surface area contributed by atoms with Crippen molar-refractivity contribution < 1.29 is 0 Å². The molecule has 1 aliphatic carbocycles. The van der Waals surface area contributed by atoms with Gasteiger partial charge in [0.2, 0.25) is 0 Å². The molecule has 0 bridgehead atoms. The summed E-state index contributed by atoms with van der Waals surface area (Å²) < 4.78 is 0. The SMILES string of the molecule is CN=C(NCC1CCN(C)C1)NC(C)CCC1CCCCC1.I. The van der Waals surface area contributed by atoms with Crippen LogP contribution in [0.1, 0.15) is 58.3 Å². The first kappa shape index (κ1) is 21.0. The fourth-order valence-electron chi connectivity index (χ4n) is 3.90. The molecule has 2 fully saturated rings. The van der Waals surface area contributed by atoms with Gasteiger partial charge in [0.15, 0.2) is 5.96 Å². The molecule has 23 heavy (non-hydrogen) atoms. The number of likely N-dealkylation sites (tertiary alicyclic amines) is 1. The van der Waals surface area contributed by atoms with E-state index in [0.717, 1.165) is 24.3 Å². The van der Waals surface area contributed by atoms with Crippen molar-refractivity contribution in [1.82, 2.24) is 15.5 Å². The summed E-state index contributed by atoms with van der Waals surface area (Å²) in [5.74, 6) is 2.72. The molecule has 2 N–H and O–H groups in total. The molecule has 2 rings (SSSR count). The molecule has 2 aliphatic rings. The molecule has 5 heteroatoms. The van der Waals surface area contributed by atoms with Gasteiger partial charge in [0, 0.05) is 26.2 Å². The monoisotopic (exact) mass is 436 g/mol. The first-order valence-electron chi connectivity index (χ1n) is 9.33. The third-order valence-corrected chi connectivity index (χ3v) is 5.39. The predicted octanol–water partition coefficient (Wildman–Crippen LogP) is 3.47. The Morgan fingerprint density at radius 3 is 2.52 bits per heavy atom. The highest BCUT2D eigenvalue weighted by Crippen LogP contribution is 2.27. The molecule has 1 aliphatic heterocycles. The zero-order valence-corrected chi connectivity index (χ0v) is 17.6. The third-order valence-electron chi connectivity index (χ3n) is 5.39. The fourth-order valence-corrected chi connectivity index (χ4v) is 3.90. The number of hydrogen-bond donors (Lipinski definition) is 2. The van der Waals surface area contributed by atoms with Crippen molar-refractivity contribution >= 4 is 29.9 Å². The van der Waals surface area contributed by atoms with Gasteiger partial charge < -0.3 is 15.5 Å². The van der Waals surface area contributed by atoms with Gasteiger partial charge >= 0.3 is 0 Å². The summed E-state index contributed by atoms with van der Waals surface area (Å²) in [7, 11) is 4.09. The first-order chi connectivity index (χ1) is 10.7. The molecule has 0 radical (unpaired) electrons. The van der Waals surface area contributed by atoms with E-state index < -0.39 is 0 Å². The molecular formula is C18H37IN4. The van der Waals surface area contributed by atoms with E-state index in [2.05, 4.69) is 34.5 Å². The zero-order valence-electron chi connectivity index (χ0n) is 15.3. The molecule has 4 nitrogen and oxygen atoms in total. The summed E-state index contributed by atoms with van der Waals surface area (Å²) in [5.41, 5.74) is 0. The largest absolute Gasteiger partial charge is 0.356 e. The Hall–Kier alpha value is -0.0400. The Balaban J connectivity index is 0.00000264. The highest BCUT2D eigenvalue weighted by atomic mass is 127. The minimum atomic E-state index is 0. The molecule has 1 saturated heterocycles. The molecule has 0 aromatic rings. The van der Waals surface area contributed by atoms with E-state index in [1.54, 1.807) is 0 Å². The first-order valence-corrected chi connectivity index (χ1v) is 9.33. The van der Waals surface area contributed by atoms with Gasteiger partial charge in [-0.1, -0.05) is 32.1 Å². The van der Waals surface area contributed by atoms with Gasteiger partial charge in [-0.25, -0.2) is 0 Å². The van der Waals surface area contributed by atoms with Crippen LogP contribution in [0.15, 0.2) is 4.99 Å². The number of halogens is 1. The lowest BCUT2D eigenvalue weighted by Gasteiger charge is -2.24. The number of hydrogen-bond acceptors (Lipinski definition) is 2. The van der Waals surface area contributed by atoms with Crippen molar-refractivity contribution in [3.63, 3.8) is 0 Å². The fraction of sp³-hybridized carbons (Fsp3) is 0.944. The van der Waals surface area contributed by atoms with Gasteiger partial charge in [0.1, 0.15) is 0 Å². The Morgan fingerprint density at radius 1 is 1.17 bits per heavy atom. The van der Waals surface area contributed by atoms with E-state index in [-0.39, 0.29) is 24.0 Å². The average Bonchev–Trinajstić information content (AvgIpc) is 2.96. The van der Waals surface area contributed by atoms with E-state index in [1.807, 2.05) is 7.05 Å². The predicted molar refractivity (Wildman–Crippen MR) is 111 cm³/mol. The van der Waals surface area contributed by atoms with E-state index >= 15 is 0 Å². The second-order valence-corrected chi connectivity index (χ2v) is 7.50. The maximum Gasteiger partial charge on any atom is 0.191 e. The second kappa shape index (κ2) is 11.5. The van der Waals surface area contributed by atoms with Gasteiger partial charge in [-0.05, 0) is 51.6 Å². The lowest BCUT2D eigenvalue weighted by molar-refractivity contribution is 0.322. The molecule has 0 aromatic heterocycles. The molecule has 0 spiro atoms. The normalized spacial score (nSPS) is 25.0. The van der Waals surface area contributed by atoms with Crippen LogP contribution in [0, 0.1) is 11.8 Å². The number of nitrogens with zero attached hydrogens (tertiary/aromatic N) is 2. The van der Waals surface area contributed by atoms with Crippen molar-refractivity contribution in [3.8, 4) is 0 Å². The Morgan fingerprint density at radius 2 is 1.91 bits per heavy atom. The van der Waals surface area contributed by atoms with Crippen LogP contribution in [0.4, 0.5) is 0 Å². The van der Waals surface area contributed by atoms with Crippen LogP contribution in [0.25, 0.3) is 0 Å². The van der Waals surface area contributed by atoms with Crippen molar-refractivity contribution in [2.75, 3.05) is 33.7 Å². The molecule has 0 amide bonds. The molecule has 0 aromatic carbocycles. The van der Waals surface area contributed by atoms with Crippen LogP contribution in [0.5, 0.6) is 0 Å². The van der Waals surface area contributed by atoms with Crippen LogP contribution in [0.2, 0.25) is 0 Å². The second-order valence-electron chi connectivity index (χ2n) is 7.50. The van der Waals surface area contributed by atoms with Crippen LogP contribution < -0.4 is 10.6 Å². The smallest absolute Gasteiger partial charge is 0.191 e. The molecule has 1 saturated carbocycles. The lowest BCUT2D eigenvalue weighted by Crippen LogP contribution is -2.44. The minimum absolute atomic E-state index is 0. The molecule has 2 unspecified atom stereocenters. The highest BCUT2D eigenvalue weighted by Gasteiger charge is 2.20. The van der Waals surface area contributed by atoms with E-state index in [4.69, 9.17) is 0 Å². The Labute approximate surface area is 160 Å². The summed E-state index contributed by atoms with van der Waals surface area (Å²) in [6.07, 6.45) is 11.2. The summed E-state index contributed by atoms with van der Waals surface area (Å²) in [4.78, 5) is 6.80. The minimum Gasteiger partial charge on any atom is -0.356 e. The Kier molecular flexibility index (Phi) is 10.5. The summed E-state index contributed by atoms with van der Waals surface area (Å²) in [6, 6.07) is 0.513. The van der Waals surface area contributed by atoms with E-state index in [1.165, 1.54) is 64.5 Å². The van der Waals surface area contributed by atoms with Crippen molar-refractivity contribution in [2.45, 2.75) is 64.3 Å². The van der Waals surface area contributed by atoms with Gasteiger partial charge in [-0.2, -0.15) is 0 Å². The number of guanidine groups is 1. The zero-order chi connectivity index (χ0) is 15.8. The topological polar surface area (TPSA) is 39.7 Å². The van der Waals surface area contributed by atoms with Crippen LogP contribution in [-0.2, 0) is 0 Å².